The first-order valence-corrected chi connectivity index (χ1v) is 7.96. The van der Waals surface area contributed by atoms with Gasteiger partial charge in [0.15, 0.2) is 0 Å². The molecule has 2 aromatic rings. The van der Waals surface area contributed by atoms with Gasteiger partial charge in [0.1, 0.15) is 5.75 Å². The number of pyridine rings is 1. The molecule has 24 heavy (non-hydrogen) atoms. The number of nitrogens with zero attached hydrogens (tertiary/aromatic N) is 2. The fourth-order valence-corrected chi connectivity index (χ4v) is 2.38. The SMILES string of the molecule is Cc1ccc(Oc2ccc(NC(=O)N3CCOCC3)cn2)cc1C. The number of benzene rings is 1. The number of nitrogens with one attached hydrogen (secondary N) is 1. The highest BCUT2D eigenvalue weighted by Crippen LogP contribution is 2.23. The Hall–Kier alpha value is -2.60. The van der Waals surface area contributed by atoms with Gasteiger partial charge in [0.25, 0.3) is 0 Å². The van der Waals surface area contributed by atoms with Crippen molar-refractivity contribution in [1.82, 2.24) is 9.88 Å². The second-order valence-corrected chi connectivity index (χ2v) is 5.76. The third-order valence-corrected chi connectivity index (χ3v) is 3.99. The van der Waals surface area contributed by atoms with E-state index in [0.717, 1.165) is 5.75 Å². The van der Waals surface area contributed by atoms with Crippen LogP contribution in [0.2, 0.25) is 0 Å². The number of morpholine rings is 1. The van der Waals surface area contributed by atoms with E-state index in [-0.39, 0.29) is 6.03 Å². The number of hydrogen-bond donors (Lipinski definition) is 1. The lowest BCUT2D eigenvalue weighted by Gasteiger charge is -2.26. The maximum atomic E-state index is 12.1. The number of urea groups is 1. The number of aryl methyl sites for hydroxylation is 2. The molecule has 0 bridgehead atoms. The summed E-state index contributed by atoms with van der Waals surface area (Å²) in [5.74, 6) is 1.23. The summed E-state index contributed by atoms with van der Waals surface area (Å²) < 4.78 is 11.0. The van der Waals surface area contributed by atoms with Gasteiger partial charge in [-0.3, -0.25) is 0 Å². The second-order valence-electron chi connectivity index (χ2n) is 5.76. The number of anilines is 1. The van der Waals surface area contributed by atoms with E-state index in [2.05, 4.69) is 17.2 Å². The second kappa shape index (κ2) is 7.31. The summed E-state index contributed by atoms with van der Waals surface area (Å²) in [6.07, 6.45) is 1.59. The molecule has 1 saturated heterocycles. The van der Waals surface area contributed by atoms with Gasteiger partial charge in [0.05, 0.1) is 25.1 Å². The zero-order valence-corrected chi connectivity index (χ0v) is 13.9. The molecular formula is C18H21N3O3. The van der Waals surface area contributed by atoms with Crippen LogP contribution in [0.5, 0.6) is 11.6 Å². The molecule has 0 unspecified atom stereocenters. The Bertz CT molecular complexity index is 710. The minimum absolute atomic E-state index is 0.136. The van der Waals surface area contributed by atoms with Gasteiger partial charge in [-0.25, -0.2) is 9.78 Å². The highest BCUT2D eigenvalue weighted by Gasteiger charge is 2.16. The smallest absolute Gasteiger partial charge is 0.322 e. The van der Waals surface area contributed by atoms with E-state index in [0.29, 0.717) is 37.9 Å². The molecule has 0 aliphatic carbocycles. The van der Waals surface area contributed by atoms with Crippen molar-refractivity contribution in [2.75, 3.05) is 31.6 Å². The van der Waals surface area contributed by atoms with Crippen LogP contribution in [0.1, 0.15) is 11.1 Å². The lowest BCUT2D eigenvalue weighted by Crippen LogP contribution is -2.43. The van der Waals surface area contributed by atoms with Gasteiger partial charge in [-0.05, 0) is 43.2 Å². The Balaban J connectivity index is 1.60. The van der Waals surface area contributed by atoms with Gasteiger partial charge in [-0.15, -0.1) is 0 Å². The monoisotopic (exact) mass is 327 g/mol. The third-order valence-electron chi connectivity index (χ3n) is 3.99. The molecule has 2 amide bonds. The Morgan fingerprint density at radius 1 is 1.17 bits per heavy atom. The van der Waals surface area contributed by atoms with Crippen molar-refractivity contribution < 1.29 is 14.3 Å². The number of rotatable bonds is 3. The Morgan fingerprint density at radius 2 is 1.96 bits per heavy atom. The number of aromatic nitrogens is 1. The largest absolute Gasteiger partial charge is 0.439 e. The Labute approximate surface area is 141 Å². The molecule has 1 aliphatic rings. The molecule has 3 rings (SSSR count). The van der Waals surface area contributed by atoms with Crippen molar-refractivity contribution in [2.45, 2.75) is 13.8 Å². The summed E-state index contributed by atoms with van der Waals surface area (Å²) in [7, 11) is 0. The molecule has 126 valence electrons. The van der Waals surface area contributed by atoms with Gasteiger partial charge < -0.3 is 19.7 Å². The Kier molecular flexibility index (Phi) is 4.96. The van der Waals surface area contributed by atoms with Crippen molar-refractivity contribution in [3.8, 4) is 11.6 Å². The molecule has 1 aliphatic heterocycles. The number of amides is 2. The lowest BCUT2D eigenvalue weighted by atomic mass is 10.1. The molecule has 2 heterocycles. The molecule has 1 aromatic carbocycles. The van der Waals surface area contributed by atoms with E-state index in [4.69, 9.17) is 9.47 Å². The fourth-order valence-electron chi connectivity index (χ4n) is 2.38. The predicted octanol–water partition coefficient (Wildman–Crippen LogP) is 3.35. The summed E-state index contributed by atoms with van der Waals surface area (Å²) in [4.78, 5) is 18.1. The zero-order chi connectivity index (χ0) is 16.9. The van der Waals surface area contributed by atoms with Crippen molar-refractivity contribution in [3.05, 3.63) is 47.7 Å². The first-order chi connectivity index (χ1) is 11.6. The summed E-state index contributed by atoms with van der Waals surface area (Å²) in [6.45, 7) is 6.46. The highest BCUT2D eigenvalue weighted by molar-refractivity contribution is 5.89. The molecule has 1 fully saturated rings. The average Bonchev–Trinajstić information content (AvgIpc) is 2.61. The van der Waals surface area contributed by atoms with Gasteiger partial charge >= 0.3 is 6.03 Å². The van der Waals surface area contributed by atoms with Crippen LogP contribution in [-0.4, -0.2) is 42.2 Å². The maximum absolute atomic E-state index is 12.1. The highest BCUT2D eigenvalue weighted by atomic mass is 16.5. The minimum Gasteiger partial charge on any atom is -0.439 e. The predicted molar refractivity (Wildman–Crippen MR) is 91.6 cm³/mol. The lowest BCUT2D eigenvalue weighted by molar-refractivity contribution is 0.0564. The van der Waals surface area contributed by atoms with E-state index in [1.54, 1.807) is 23.2 Å². The molecule has 0 saturated carbocycles. The zero-order valence-electron chi connectivity index (χ0n) is 13.9. The molecule has 0 spiro atoms. The van der Waals surface area contributed by atoms with Crippen LogP contribution in [0.15, 0.2) is 36.5 Å². The van der Waals surface area contributed by atoms with Gasteiger partial charge in [0.2, 0.25) is 5.88 Å². The Morgan fingerprint density at radius 3 is 2.62 bits per heavy atom. The molecule has 1 N–H and O–H groups in total. The number of hydrogen-bond acceptors (Lipinski definition) is 4. The molecule has 0 radical (unpaired) electrons. The first kappa shape index (κ1) is 16.3. The summed E-state index contributed by atoms with van der Waals surface area (Å²) in [5, 5.41) is 2.83. The van der Waals surface area contributed by atoms with Crippen molar-refractivity contribution in [1.29, 1.82) is 0 Å². The van der Waals surface area contributed by atoms with Crippen molar-refractivity contribution in [3.63, 3.8) is 0 Å². The summed E-state index contributed by atoms with van der Waals surface area (Å²) in [6, 6.07) is 9.29. The third kappa shape index (κ3) is 4.02. The van der Waals surface area contributed by atoms with E-state index < -0.39 is 0 Å². The standard InChI is InChI=1S/C18H21N3O3/c1-13-3-5-16(11-14(13)2)24-17-6-4-15(12-19-17)20-18(22)21-7-9-23-10-8-21/h3-6,11-12H,7-10H2,1-2H3,(H,20,22). The van der Waals surface area contributed by atoms with Crippen LogP contribution in [0.25, 0.3) is 0 Å². The number of carbonyl (C=O) groups excluding carboxylic acids is 1. The van der Waals surface area contributed by atoms with Crippen LogP contribution >= 0.6 is 0 Å². The molecule has 6 nitrogen and oxygen atoms in total. The topological polar surface area (TPSA) is 63.7 Å². The van der Waals surface area contributed by atoms with Gasteiger partial charge in [0, 0.05) is 19.2 Å². The molecular weight excluding hydrogens is 306 g/mol. The van der Waals surface area contributed by atoms with E-state index in [1.807, 2.05) is 25.1 Å². The minimum atomic E-state index is -0.136. The normalized spacial score (nSPS) is 14.3. The maximum Gasteiger partial charge on any atom is 0.322 e. The number of ether oxygens (including phenoxy) is 2. The van der Waals surface area contributed by atoms with Crippen molar-refractivity contribution in [2.24, 2.45) is 0 Å². The quantitative estimate of drug-likeness (QED) is 0.939. The molecule has 1 aromatic heterocycles. The van der Waals surface area contributed by atoms with Crippen LogP contribution in [0.3, 0.4) is 0 Å². The first-order valence-electron chi connectivity index (χ1n) is 7.96. The summed E-state index contributed by atoms with van der Waals surface area (Å²) >= 11 is 0. The van der Waals surface area contributed by atoms with Crippen LogP contribution < -0.4 is 10.1 Å². The fraction of sp³-hybridized carbons (Fsp3) is 0.333. The van der Waals surface area contributed by atoms with Gasteiger partial charge in [-0.1, -0.05) is 6.07 Å². The van der Waals surface area contributed by atoms with Gasteiger partial charge in [-0.2, -0.15) is 0 Å². The molecule has 0 atom stereocenters. The summed E-state index contributed by atoms with van der Waals surface area (Å²) in [5.41, 5.74) is 3.03. The van der Waals surface area contributed by atoms with Crippen LogP contribution in [-0.2, 0) is 4.74 Å². The molecule has 6 heteroatoms. The van der Waals surface area contributed by atoms with E-state index >= 15 is 0 Å². The van der Waals surface area contributed by atoms with E-state index in [1.165, 1.54) is 11.1 Å². The average molecular weight is 327 g/mol. The van der Waals surface area contributed by atoms with Crippen LogP contribution in [0.4, 0.5) is 10.5 Å². The van der Waals surface area contributed by atoms with Crippen LogP contribution in [0, 0.1) is 13.8 Å². The van der Waals surface area contributed by atoms with Crippen molar-refractivity contribution >= 4 is 11.7 Å². The number of carbonyl (C=O) groups is 1. The van der Waals surface area contributed by atoms with E-state index in [9.17, 15) is 4.79 Å².